The Balaban J connectivity index is 2.24. The molecule has 2 rings (SSSR count). The number of phenols is 1. The lowest BCUT2D eigenvalue weighted by Gasteiger charge is -2.09. The fourth-order valence-electron chi connectivity index (χ4n) is 2.24. The van der Waals surface area contributed by atoms with Gasteiger partial charge < -0.3 is 9.84 Å². The summed E-state index contributed by atoms with van der Waals surface area (Å²) >= 11 is 0. The largest absolute Gasteiger partial charge is 0.507 e. The molecule has 3 nitrogen and oxygen atoms in total. The van der Waals surface area contributed by atoms with Crippen molar-refractivity contribution in [1.29, 1.82) is 0 Å². The molecule has 0 saturated carbocycles. The van der Waals surface area contributed by atoms with E-state index >= 15 is 0 Å². The molecule has 0 unspecified atom stereocenters. The van der Waals surface area contributed by atoms with Crippen molar-refractivity contribution in [3.63, 3.8) is 0 Å². The van der Waals surface area contributed by atoms with E-state index in [2.05, 4.69) is 0 Å². The molecule has 0 heterocycles. The lowest BCUT2D eigenvalue weighted by Crippen LogP contribution is -2.00. The lowest BCUT2D eigenvalue weighted by molar-refractivity contribution is 0.104. The minimum Gasteiger partial charge on any atom is -0.507 e. The Morgan fingerprint density at radius 1 is 1.18 bits per heavy atom. The number of benzene rings is 2. The Bertz CT molecular complexity index is 674. The average molecular weight is 296 g/mol. The molecule has 3 heteroatoms. The molecule has 0 saturated heterocycles. The lowest BCUT2D eigenvalue weighted by atomic mass is 10.0. The van der Waals surface area contributed by atoms with Crippen LogP contribution in [0.25, 0.3) is 6.08 Å². The molecule has 0 radical (unpaired) electrons. The zero-order valence-electron chi connectivity index (χ0n) is 13.1. The third-order valence-corrected chi connectivity index (χ3v) is 3.35. The Morgan fingerprint density at radius 3 is 2.45 bits per heavy atom. The molecule has 0 fully saturated rings. The first-order valence-electron chi connectivity index (χ1n) is 7.26. The van der Waals surface area contributed by atoms with Crippen molar-refractivity contribution in [2.75, 3.05) is 6.61 Å². The maximum Gasteiger partial charge on any atom is 0.189 e. The smallest absolute Gasteiger partial charge is 0.189 e. The van der Waals surface area contributed by atoms with Crippen molar-refractivity contribution in [3.05, 3.63) is 64.7 Å². The van der Waals surface area contributed by atoms with Crippen LogP contribution in [0, 0.1) is 13.8 Å². The van der Waals surface area contributed by atoms with Gasteiger partial charge in [0, 0.05) is 6.07 Å². The number of ketones is 1. The van der Waals surface area contributed by atoms with E-state index in [1.807, 2.05) is 38.1 Å². The van der Waals surface area contributed by atoms with Gasteiger partial charge in [-0.2, -0.15) is 0 Å². The van der Waals surface area contributed by atoms with Crippen LogP contribution in [0.15, 0.2) is 42.5 Å². The molecule has 0 aliphatic carbocycles. The molecule has 0 amide bonds. The number of carbonyl (C=O) groups is 1. The van der Waals surface area contributed by atoms with Crippen molar-refractivity contribution in [2.45, 2.75) is 20.8 Å². The topological polar surface area (TPSA) is 46.5 Å². The fraction of sp³-hybridized carbons (Fsp3) is 0.211. The number of ether oxygens (including phenoxy) is 1. The molecular formula is C19H20O3. The van der Waals surface area contributed by atoms with Gasteiger partial charge in [-0.3, -0.25) is 4.79 Å². The standard InChI is InChI=1S/C19H20O3/c1-4-22-16-11-14(3)19(18(21)12-16)17(20)10-9-15-7-5-13(2)6-8-15/h5-12,21H,4H2,1-3H3/b10-9+. The van der Waals surface area contributed by atoms with Crippen LogP contribution in [-0.4, -0.2) is 17.5 Å². The first-order valence-corrected chi connectivity index (χ1v) is 7.26. The number of aromatic hydroxyl groups is 1. The van der Waals surface area contributed by atoms with Gasteiger partial charge in [0.05, 0.1) is 12.2 Å². The second-order valence-corrected chi connectivity index (χ2v) is 5.18. The normalized spacial score (nSPS) is 10.9. The summed E-state index contributed by atoms with van der Waals surface area (Å²) in [7, 11) is 0. The molecule has 22 heavy (non-hydrogen) atoms. The molecule has 0 bridgehead atoms. The van der Waals surface area contributed by atoms with E-state index in [1.54, 1.807) is 19.1 Å². The highest BCUT2D eigenvalue weighted by molar-refractivity contribution is 6.09. The summed E-state index contributed by atoms with van der Waals surface area (Å²) in [6.45, 7) is 6.18. The number of allylic oxidation sites excluding steroid dienone is 1. The van der Waals surface area contributed by atoms with E-state index < -0.39 is 0 Å². The summed E-state index contributed by atoms with van der Waals surface area (Å²) in [4.78, 5) is 12.3. The van der Waals surface area contributed by atoms with Crippen molar-refractivity contribution in [3.8, 4) is 11.5 Å². The summed E-state index contributed by atoms with van der Waals surface area (Å²) in [6.07, 6.45) is 3.23. The number of phenolic OH excluding ortho intramolecular Hbond substituents is 1. The van der Waals surface area contributed by atoms with Gasteiger partial charge in [-0.15, -0.1) is 0 Å². The molecule has 0 aliphatic heterocycles. The Kier molecular flexibility index (Phi) is 4.99. The number of rotatable bonds is 5. The number of hydrogen-bond donors (Lipinski definition) is 1. The third-order valence-electron chi connectivity index (χ3n) is 3.35. The highest BCUT2D eigenvalue weighted by atomic mass is 16.5. The van der Waals surface area contributed by atoms with Gasteiger partial charge >= 0.3 is 0 Å². The van der Waals surface area contributed by atoms with Crippen LogP contribution >= 0.6 is 0 Å². The summed E-state index contributed by atoms with van der Waals surface area (Å²) < 4.78 is 5.35. The van der Waals surface area contributed by atoms with Crippen LogP contribution in [0.3, 0.4) is 0 Å². The van der Waals surface area contributed by atoms with Crippen LogP contribution in [-0.2, 0) is 0 Å². The maximum absolute atomic E-state index is 12.3. The van der Waals surface area contributed by atoms with Gasteiger partial charge in [-0.1, -0.05) is 35.9 Å². The van der Waals surface area contributed by atoms with E-state index in [1.165, 1.54) is 17.7 Å². The molecule has 0 atom stereocenters. The van der Waals surface area contributed by atoms with Gasteiger partial charge in [0.15, 0.2) is 5.78 Å². The minimum absolute atomic E-state index is 0.0537. The van der Waals surface area contributed by atoms with E-state index in [0.717, 1.165) is 5.56 Å². The predicted molar refractivity (Wildman–Crippen MR) is 88.6 cm³/mol. The van der Waals surface area contributed by atoms with Crippen LogP contribution in [0.2, 0.25) is 0 Å². The second kappa shape index (κ2) is 6.94. The van der Waals surface area contributed by atoms with Crippen LogP contribution in [0.5, 0.6) is 11.5 Å². The number of carbonyl (C=O) groups excluding carboxylic acids is 1. The van der Waals surface area contributed by atoms with E-state index in [0.29, 0.717) is 23.5 Å². The Morgan fingerprint density at radius 2 is 1.86 bits per heavy atom. The minimum atomic E-state index is -0.223. The first kappa shape index (κ1) is 15.8. The van der Waals surface area contributed by atoms with E-state index in [9.17, 15) is 9.90 Å². The molecule has 2 aromatic carbocycles. The van der Waals surface area contributed by atoms with Crippen LogP contribution < -0.4 is 4.74 Å². The summed E-state index contributed by atoms with van der Waals surface area (Å²) in [5, 5.41) is 10.1. The zero-order chi connectivity index (χ0) is 16.1. The van der Waals surface area contributed by atoms with E-state index in [-0.39, 0.29) is 11.5 Å². The zero-order valence-corrected chi connectivity index (χ0v) is 13.1. The van der Waals surface area contributed by atoms with Crippen molar-refractivity contribution >= 4 is 11.9 Å². The molecule has 2 aromatic rings. The van der Waals surface area contributed by atoms with Gasteiger partial charge in [-0.05, 0) is 44.0 Å². The second-order valence-electron chi connectivity index (χ2n) is 5.18. The fourth-order valence-corrected chi connectivity index (χ4v) is 2.24. The molecule has 0 aromatic heterocycles. The number of hydrogen-bond acceptors (Lipinski definition) is 3. The molecule has 1 N–H and O–H groups in total. The number of aryl methyl sites for hydroxylation is 2. The maximum atomic E-state index is 12.3. The van der Waals surface area contributed by atoms with Gasteiger partial charge in [-0.25, -0.2) is 0 Å². The van der Waals surface area contributed by atoms with Crippen LogP contribution in [0.1, 0.15) is 34.0 Å². The molecule has 0 spiro atoms. The third kappa shape index (κ3) is 3.76. The van der Waals surface area contributed by atoms with Crippen molar-refractivity contribution < 1.29 is 14.6 Å². The molecule has 0 aliphatic rings. The summed E-state index contributed by atoms with van der Waals surface area (Å²) in [5.74, 6) is 0.289. The summed E-state index contributed by atoms with van der Waals surface area (Å²) in [5.41, 5.74) is 3.12. The summed E-state index contributed by atoms with van der Waals surface area (Å²) in [6, 6.07) is 11.1. The van der Waals surface area contributed by atoms with Crippen molar-refractivity contribution in [1.82, 2.24) is 0 Å². The van der Waals surface area contributed by atoms with E-state index in [4.69, 9.17) is 4.74 Å². The Labute approximate surface area is 130 Å². The predicted octanol–water partition coefficient (Wildman–Crippen LogP) is 4.30. The average Bonchev–Trinajstić information content (AvgIpc) is 2.46. The van der Waals surface area contributed by atoms with Gasteiger partial charge in [0.1, 0.15) is 11.5 Å². The highest BCUT2D eigenvalue weighted by Crippen LogP contribution is 2.28. The quantitative estimate of drug-likeness (QED) is 0.661. The van der Waals surface area contributed by atoms with Gasteiger partial charge in [0.2, 0.25) is 0 Å². The Hall–Kier alpha value is -2.55. The van der Waals surface area contributed by atoms with Gasteiger partial charge in [0.25, 0.3) is 0 Å². The highest BCUT2D eigenvalue weighted by Gasteiger charge is 2.13. The first-order chi connectivity index (χ1) is 10.5. The molecule has 114 valence electrons. The van der Waals surface area contributed by atoms with Crippen LogP contribution in [0.4, 0.5) is 0 Å². The monoisotopic (exact) mass is 296 g/mol. The SMILES string of the molecule is CCOc1cc(C)c(C(=O)/C=C/c2ccc(C)cc2)c(O)c1. The molecular weight excluding hydrogens is 276 g/mol. The van der Waals surface area contributed by atoms with Crippen molar-refractivity contribution in [2.24, 2.45) is 0 Å².